The van der Waals surface area contributed by atoms with Gasteiger partial charge in [0.1, 0.15) is 6.61 Å². The molecule has 3 heterocycles. The van der Waals surface area contributed by atoms with Gasteiger partial charge in [0.2, 0.25) is 0 Å². The molecule has 0 bridgehead atoms. The first-order valence-electron chi connectivity index (χ1n) is 10.2. The fourth-order valence-corrected chi connectivity index (χ4v) is 3.95. The van der Waals surface area contributed by atoms with Gasteiger partial charge in [0.05, 0.1) is 13.2 Å². The smallest absolute Gasteiger partial charge is 0.276 e. The van der Waals surface area contributed by atoms with Crippen molar-refractivity contribution in [3.8, 4) is 5.75 Å². The monoisotopic (exact) mass is 421 g/mol. The Bertz CT molecular complexity index is 849. The predicted molar refractivity (Wildman–Crippen MR) is 103 cm³/mol. The van der Waals surface area contributed by atoms with Gasteiger partial charge in [-0.05, 0) is 30.9 Å². The molecule has 1 aromatic carbocycles. The van der Waals surface area contributed by atoms with E-state index < -0.39 is 17.4 Å². The van der Waals surface area contributed by atoms with Crippen LogP contribution < -0.4 is 4.74 Å². The lowest BCUT2D eigenvalue weighted by atomic mass is 9.97. The second-order valence-corrected chi connectivity index (χ2v) is 7.69. The van der Waals surface area contributed by atoms with Gasteiger partial charge in [-0.25, -0.2) is 8.78 Å². The number of ether oxygens (including phenoxy) is 2. The molecule has 1 amide bonds. The van der Waals surface area contributed by atoms with Crippen molar-refractivity contribution in [2.45, 2.75) is 19.4 Å². The molecule has 2 aromatic rings. The molecule has 2 fully saturated rings. The summed E-state index contributed by atoms with van der Waals surface area (Å²) in [6.07, 6.45) is 2.04. The molecule has 0 unspecified atom stereocenters. The normalized spacial score (nSPS) is 20.3. The van der Waals surface area contributed by atoms with Crippen molar-refractivity contribution in [1.29, 1.82) is 0 Å². The van der Waals surface area contributed by atoms with E-state index in [1.165, 1.54) is 12.1 Å². The Morgan fingerprint density at radius 3 is 2.73 bits per heavy atom. The highest BCUT2D eigenvalue weighted by Gasteiger charge is 2.28. The largest absolute Gasteiger partial charge is 0.479 e. The van der Waals surface area contributed by atoms with E-state index in [1.54, 1.807) is 4.90 Å². The number of amides is 1. The number of para-hydroxylation sites is 1. The summed E-state index contributed by atoms with van der Waals surface area (Å²) in [5, 5.41) is 3.83. The van der Waals surface area contributed by atoms with Gasteiger partial charge in [-0.1, -0.05) is 11.2 Å². The van der Waals surface area contributed by atoms with Gasteiger partial charge in [-0.15, -0.1) is 0 Å². The molecule has 2 aliphatic rings. The number of hydrogen-bond donors (Lipinski definition) is 0. The van der Waals surface area contributed by atoms with Gasteiger partial charge < -0.3 is 18.9 Å². The van der Waals surface area contributed by atoms with Crippen molar-refractivity contribution in [2.75, 3.05) is 45.9 Å². The zero-order valence-corrected chi connectivity index (χ0v) is 16.7. The zero-order chi connectivity index (χ0) is 20.9. The second-order valence-electron chi connectivity index (χ2n) is 7.69. The molecule has 0 radical (unpaired) electrons. The molecular formula is C21H25F2N3O4. The highest BCUT2D eigenvalue weighted by molar-refractivity contribution is 5.92. The van der Waals surface area contributed by atoms with Crippen molar-refractivity contribution in [3.63, 3.8) is 0 Å². The van der Waals surface area contributed by atoms with E-state index in [0.29, 0.717) is 19.0 Å². The lowest BCUT2D eigenvalue weighted by Gasteiger charge is -2.36. The minimum absolute atomic E-state index is 0.176. The van der Waals surface area contributed by atoms with E-state index in [9.17, 15) is 13.6 Å². The molecule has 9 heteroatoms. The van der Waals surface area contributed by atoms with Gasteiger partial charge in [-0.3, -0.25) is 9.69 Å². The van der Waals surface area contributed by atoms with E-state index in [-0.39, 0.29) is 24.0 Å². The summed E-state index contributed by atoms with van der Waals surface area (Å²) in [5.41, 5.74) is 0.176. The number of carbonyl (C=O) groups is 1. The van der Waals surface area contributed by atoms with Gasteiger partial charge in [-0.2, -0.15) is 0 Å². The van der Waals surface area contributed by atoms with E-state index in [4.69, 9.17) is 14.0 Å². The van der Waals surface area contributed by atoms with E-state index >= 15 is 0 Å². The number of likely N-dealkylation sites (tertiary alicyclic amines) is 1. The molecule has 4 rings (SSSR count). The lowest BCUT2D eigenvalue weighted by molar-refractivity contribution is 0.0222. The number of hydrogen-bond acceptors (Lipinski definition) is 6. The molecule has 0 aliphatic carbocycles. The maximum atomic E-state index is 13.7. The molecule has 1 atom stereocenters. The second kappa shape index (κ2) is 9.53. The number of piperidine rings is 1. The number of rotatable bonds is 6. The van der Waals surface area contributed by atoms with Crippen molar-refractivity contribution in [2.24, 2.45) is 5.92 Å². The first-order valence-corrected chi connectivity index (χ1v) is 10.2. The number of nitrogens with zero attached hydrogens (tertiary/aromatic N) is 3. The van der Waals surface area contributed by atoms with Crippen LogP contribution in [0, 0.1) is 17.6 Å². The van der Waals surface area contributed by atoms with E-state index in [2.05, 4.69) is 10.1 Å². The van der Waals surface area contributed by atoms with Crippen LogP contribution >= 0.6 is 0 Å². The molecule has 1 aromatic heterocycles. The first-order chi connectivity index (χ1) is 14.6. The summed E-state index contributed by atoms with van der Waals surface area (Å²) in [5.74, 6) is -1.64. The zero-order valence-electron chi connectivity index (χ0n) is 16.7. The number of halogens is 2. The van der Waals surface area contributed by atoms with Gasteiger partial charge in [0, 0.05) is 38.8 Å². The van der Waals surface area contributed by atoms with Crippen molar-refractivity contribution < 1.29 is 27.6 Å². The molecule has 7 nitrogen and oxygen atoms in total. The maximum Gasteiger partial charge on any atom is 0.276 e. The summed E-state index contributed by atoms with van der Waals surface area (Å²) < 4.78 is 43.0. The molecule has 30 heavy (non-hydrogen) atoms. The van der Waals surface area contributed by atoms with Crippen LogP contribution in [0.5, 0.6) is 5.75 Å². The average Bonchev–Trinajstić information content (AvgIpc) is 3.23. The highest BCUT2D eigenvalue weighted by Crippen LogP contribution is 2.23. The Balaban J connectivity index is 1.33. The van der Waals surface area contributed by atoms with Crippen LogP contribution in [0.15, 0.2) is 28.8 Å². The third kappa shape index (κ3) is 4.96. The van der Waals surface area contributed by atoms with Gasteiger partial charge in [0.15, 0.2) is 28.8 Å². The summed E-state index contributed by atoms with van der Waals surface area (Å²) in [6, 6.07) is 4.94. The fraction of sp³-hybridized carbons (Fsp3) is 0.524. The Morgan fingerprint density at radius 1 is 1.20 bits per heavy atom. The topological polar surface area (TPSA) is 68.0 Å². The third-order valence-electron chi connectivity index (χ3n) is 5.48. The minimum Gasteiger partial charge on any atom is -0.479 e. The number of morpholine rings is 1. The molecular weight excluding hydrogens is 396 g/mol. The first kappa shape index (κ1) is 20.7. The van der Waals surface area contributed by atoms with Crippen LogP contribution in [0.3, 0.4) is 0 Å². The summed E-state index contributed by atoms with van der Waals surface area (Å²) >= 11 is 0. The summed E-state index contributed by atoms with van der Waals surface area (Å²) in [4.78, 5) is 17.0. The minimum atomic E-state index is -0.801. The van der Waals surface area contributed by atoms with Crippen LogP contribution in [0.1, 0.15) is 29.1 Å². The summed E-state index contributed by atoms with van der Waals surface area (Å²) in [6.45, 7) is 5.47. The lowest BCUT2D eigenvalue weighted by Crippen LogP contribution is -2.46. The highest BCUT2D eigenvalue weighted by atomic mass is 19.1. The van der Waals surface area contributed by atoms with Crippen LogP contribution in [-0.2, 0) is 11.3 Å². The number of aromatic nitrogens is 1. The van der Waals surface area contributed by atoms with Crippen molar-refractivity contribution in [1.82, 2.24) is 15.0 Å². The van der Waals surface area contributed by atoms with Gasteiger partial charge >= 0.3 is 0 Å². The van der Waals surface area contributed by atoms with Gasteiger partial charge in [0.25, 0.3) is 5.91 Å². The Hall–Kier alpha value is -2.52. The molecule has 0 saturated carbocycles. The Kier molecular flexibility index (Phi) is 6.59. The maximum absolute atomic E-state index is 13.7. The van der Waals surface area contributed by atoms with E-state index in [1.807, 2.05) is 0 Å². The average molecular weight is 421 g/mol. The quantitative estimate of drug-likeness (QED) is 0.715. The van der Waals surface area contributed by atoms with Crippen molar-refractivity contribution >= 4 is 5.91 Å². The van der Waals surface area contributed by atoms with Crippen LogP contribution in [0.4, 0.5) is 8.78 Å². The van der Waals surface area contributed by atoms with Crippen LogP contribution in [-0.4, -0.2) is 66.8 Å². The Labute approximate surface area is 173 Å². The third-order valence-corrected chi connectivity index (χ3v) is 5.48. The SMILES string of the molecule is O=C(c1cc(COc2c(F)cccc2F)on1)N1CCC[C@@H](CN2CCOCC2)C1. The Morgan fingerprint density at radius 2 is 1.97 bits per heavy atom. The van der Waals surface area contributed by atoms with Crippen LogP contribution in [0.2, 0.25) is 0 Å². The molecule has 0 spiro atoms. The number of benzene rings is 1. The number of carbonyl (C=O) groups excluding carboxylic acids is 1. The molecule has 2 aliphatic heterocycles. The standard InChI is InChI=1S/C21H25F2N3O4/c22-17-4-1-5-18(23)20(17)29-14-16-11-19(24-30-16)21(27)26-6-2-3-15(13-26)12-25-7-9-28-10-8-25/h1,4-5,11,15H,2-3,6-10,12-14H2/t15-/m0/s1. The summed E-state index contributed by atoms with van der Waals surface area (Å²) in [7, 11) is 0. The molecule has 0 N–H and O–H groups in total. The van der Waals surface area contributed by atoms with Crippen molar-refractivity contribution in [3.05, 3.63) is 47.4 Å². The molecule has 162 valence electrons. The fourth-order valence-electron chi connectivity index (χ4n) is 3.95. The molecule has 2 saturated heterocycles. The van der Waals surface area contributed by atoms with E-state index in [0.717, 1.165) is 57.8 Å². The van der Waals surface area contributed by atoms with Crippen LogP contribution in [0.25, 0.3) is 0 Å². The predicted octanol–water partition coefficient (Wildman–Crippen LogP) is 2.72.